The van der Waals surface area contributed by atoms with Crippen LogP contribution in [0.4, 0.5) is 0 Å². The lowest BCUT2D eigenvalue weighted by Crippen LogP contribution is -2.46. The van der Waals surface area contributed by atoms with Crippen molar-refractivity contribution in [3.63, 3.8) is 0 Å². The summed E-state index contributed by atoms with van der Waals surface area (Å²) in [4.78, 5) is 0. The molecule has 4 saturated carbocycles. The smallest absolute Gasteiger partial charge is 0.00103 e. The summed E-state index contributed by atoms with van der Waals surface area (Å²) in [5, 5.41) is 3.60. The summed E-state index contributed by atoms with van der Waals surface area (Å²) in [5.74, 6) is 5.59. The van der Waals surface area contributed by atoms with Gasteiger partial charge in [0.1, 0.15) is 0 Å². The van der Waals surface area contributed by atoms with Crippen molar-refractivity contribution in [1.29, 1.82) is 0 Å². The quantitative estimate of drug-likeness (QED) is 0.767. The Bertz CT molecular complexity index is 218. The van der Waals surface area contributed by atoms with E-state index >= 15 is 0 Å². The van der Waals surface area contributed by atoms with Crippen molar-refractivity contribution < 1.29 is 0 Å². The Hall–Kier alpha value is -0.0400. The van der Waals surface area contributed by atoms with Gasteiger partial charge in [-0.25, -0.2) is 0 Å². The lowest BCUT2D eigenvalue weighted by atomic mass is 9.51. The van der Waals surface area contributed by atoms with Gasteiger partial charge in [-0.05, 0) is 74.7 Å². The van der Waals surface area contributed by atoms with E-state index in [0.717, 1.165) is 29.6 Å². The monoisotopic (exact) mass is 221 g/mol. The molecule has 4 bridgehead atoms. The molecular formula is C15H27N. The number of hydrogen-bond donors (Lipinski definition) is 1. The lowest BCUT2D eigenvalue weighted by molar-refractivity contribution is -0.0394. The van der Waals surface area contributed by atoms with Crippen LogP contribution in [0, 0.1) is 29.6 Å². The first-order valence-electron chi connectivity index (χ1n) is 7.45. The van der Waals surface area contributed by atoms with E-state index in [1.54, 1.807) is 32.1 Å². The van der Waals surface area contributed by atoms with Crippen LogP contribution < -0.4 is 5.32 Å². The predicted octanol–water partition coefficient (Wildman–Crippen LogP) is 3.45. The summed E-state index contributed by atoms with van der Waals surface area (Å²) in [5.41, 5.74) is 0. The molecule has 4 aliphatic rings. The Balaban J connectivity index is 1.55. The van der Waals surface area contributed by atoms with Gasteiger partial charge in [0, 0.05) is 6.04 Å². The predicted molar refractivity (Wildman–Crippen MR) is 68.3 cm³/mol. The van der Waals surface area contributed by atoms with Gasteiger partial charge < -0.3 is 5.32 Å². The zero-order valence-electron chi connectivity index (χ0n) is 10.9. The topological polar surface area (TPSA) is 12.0 Å². The van der Waals surface area contributed by atoms with E-state index in [1.807, 2.05) is 0 Å². The van der Waals surface area contributed by atoms with E-state index in [0.29, 0.717) is 6.04 Å². The lowest BCUT2D eigenvalue weighted by Gasteiger charge is -2.54. The molecule has 0 radical (unpaired) electrons. The molecule has 0 aromatic rings. The van der Waals surface area contributed by atoms with Crippen molar-refractivity contribution in [2.24, 2.45) is 29.6 Å². The highest BCUT2D eigenvalue weighted by atomic mass is 14.9. The normalized spacial score (nSPS) is 45.6. The van der Waals surface area contributed by atoms with E-state index in [1.165, 1.54) is 13.0 Å². The van der Waals surface area contributed by atoms with Crippen LogP contribution >= 0.6 is 0 Å². The first kappa shape index (κ1) is 11.1. The Labute approximate surface area is 100 Å². The summed E-state index contributed by atoms with van der Waals surface area (Å²) >= 11 is 0. The molecule has 4 aliphatic carbocycles. The molecule has 0 aromatic heterocycles. The fraction of sp³-hybridized carbons (Fsp3) is 1.00. The van der Waals surface area contributed by atoms with Crippen LogP contribution in [-0.2, 0) is 0 Å². The van der Waals surface area contributed by atoms with Crippen LogP contribution in [-0.4, -0.2) is 12.6 Å². The average Bonchev–Trinajstić information content (AvgIpc) is 2.20. The van der Waals surface area contributed by atoms with E-state index < -0.39 is 0 Å². The van der Waals surface area contributed by atoms with Crippen molar-refractivity contribution in [2.45, 2.75) is 58.4 Å². The molecule has 0 spiro atoms. The van der Waals surface area contributed by atoms with Gasteiger partial charge in [0.2, 0.25) is 0 Å². The molecule has 0 atom stereocenters. The molecule has 4 fully saturated rings. The van der Waals surface area contributed by atoms with Crippen LogP contribution in [0.3, 0.4) is 0 Å². The summed E-state index contributed by atoms with van der Waals surface area (Å²) in [6.45, 7) is 5.78. The second-order valence-electron chi connectivity index (χ2n) is 6.99. The van der Waals surface area contributed by atoms with Crippen LogP contribution in [0.2, 0.25) is 0 Å². The third kappa shape index (κ3) is 2.03. The van der Waals surface area contributed by atoms with Crippen molar-refractivity contribution in [2.75, 3.05) is 6.54 Å². The van der Waals surface area contributed by atoms with Gasteiger partial charge in [0.05, 0.1) is 0 Å². The number of nitrogens with one attached hydrogen (secondary N) is 1. The summed E-state index contributed by atoms with van der Waals surface area (Å²) < 4.78 is 0. The highest BCUT2D eigenvalue weighted by molar-refractivity contribution is 4.98. The van der Waals surface area contributed by atoms with Gasteiger partial charge in [-0.2, -0.15) is 0 Å². The van der Waals surface area contributed by atoms with Crippen molar-refractivity contribution >= 4 is 0 Å². The molecular weight excluding hydrogens is 194 g/mol. The van der Waals surface area contributed by atoms with Gasteiger partial charge in [0.15, 0.2) is 0 Å². The largest absolute Gasteiger partial charge is 0.315 e. The minimum atomic E-state index is 0.664. The average molecular weight is 221 g/mol. The van der Waals surface area contributed by atoms with Crippen molar-refractivity contribution in [1.82, 2.24) is 5.32 Å². The van der Waals surface area contributed by atoms with Crippen LogP contribution in [0.25, 0.3) is 0 Å². The van der Waals surface area contributed by atoms with Gasteiger partial charge in [-0.1, -0.05) is 13.8 Å². The van der Waals surface area contributed by atoms with E-state index in [2.05, 4.69) is 19.2 Å². The summed E-state index contributed by atoms with van der Waals surface area (Å²) in [6.07, 6.45) is 9.37. The van der Waals surface area contributed by atoms with E-state index in [-0.39, 0.29) is 0 Å². The van der Waals surface area contributed by atoms with Gasteiger partial charge in [-0.15, -0.1) is 0 Å². The van der Waals surface area contributed by atoms with Crippen LogP contribution in [0.1, 0.15) is 52.4 Å². The summed E-state index contributed by atoms with van der Waals surface area (Å²) in [7, 11) is 0. The first-order chi connectivity index (χ1) is 7.72. The SMILES string of the molecule is CC(C)NCCC1C2CC3CC(C2)CC1C3. The molecule has 4 rings (SSSR count). The van der Waals surface area contributed by atoms with Crippen LogP contribution in [0.15, 0.2) is 0 Å². The van der Waals surface area contributed by atoms with Crippen LogP contribution in [0.5, 0.6) is 0 Å². The Kier molecular flexibility index (Phi) is 2.99. The number of hydrogen-bond acceptors (Lipinski definition) is 1. The molecule has 0 amide bonds. The Morgan fingerprint density at radius 3 is 2.00 bits per heavy atom. The van der Waals surface area contributed by atoms with E-state index in [4.69, 9.17) is 0 Å². The fourth-order valence-electron chi connectivity index (χ4n) is 5.05. The van der Waals surface area contributed by atoms with Gasteiger partial charge >= 0.3 is 0 Å². The first-order valence-corrected chi connectivity index (χ1v) is 7.45. The molecule has 0 unspecified atom stereocenters. The molecule has 1 N–H and O–H groups in total. The standard InChI is InChI=1S/C15H27N/c1-10(2)16-4-3-15-13-6-11-5-12(8-13)9-14(15)7-11/h10-16H,3-9H2,1-2H3. The highest BCUT2D eigenvalue weighted by Gasteiger charge is 2.47. The molecule has 0 aliphatic heterocycles. The summed E-state index contributed by atoms with van der Waals surface area (Å²) in [6, 6.07) is 0.664. The zero-order valence-corrected chi connectivity index (χ0v) is 10.9. The second kappa shape index (κ2) is 4.33. The minimum Gasteiger partial charge on any atom is -0.315 e. The Morgan fingerprint density at radius 1 is 0.938 bits per heavy atom. The molecule has 1 nitrogen and oxygen atoms in total. The minimum absolute atomic E-state index is 0.664. The molecule has 0 heterocycles. The maximum Gasteiger partial charge on any atom is 0.00103 e. The maximum atomic E-state index is 3.60. The Morgan fingerprint density at radius 2 is 1.50 bits per heavy atom. The van der Waals surface area contributed by atoms with Gasteiger partial charge in [-0.3, -0.25) is 0 Å². The highest BCUT2D eigenvalue weighted by Crippen LogP contribution is 2.57. The molecule has 16 heavy (non-hydrogen) atoms. The van der Waals surface area contributed by atoms with Gasteiger partial charge in [0.25, 0.3) is 0 Å². The molecule has 0 saturated heterocycles. The zero-order chi connectivity index (χ0) is 11.1. The maximum absolute atomic E-state index is 3.60. The molecule has 92 valence electrons. The fourth-order valence-corrected chi connectivity index (χ4v) is 5.05. The van der Waals surface area contributed by atoms with Crippen molar-refractivity contribution in [3.05, 3.63) is 0 Å². The second-order valence-corrected chi connectivity index (χ2v) is 6.99. The molecule has 1 heteroatoms. The third-order valence-electron chi connectivity index (χ3n) is 5.45. The number of rotatable bonds is 4. The van der Waals surface area contributed by atoms with Crippen molar-refractivity contribution in [3.8, 4) is 0 Å². The van der Waals surface area contributed by atoms with E-state index in [9.17, 15) is 0 Å². The molecule has 0 aromatic carbocycles. The third-order valence-corrected chi connectivity index (χ3v) is 5.45.